The average Bonchev–Trinajstić information content (AvgIpc) is 2.99. The van der Waals surface area contributed by atoms with Crippen molar-refractivity contribution in [3.63, 3.8) is 0 Å². The molecule has 2 heterocycles. The number of aromatic nitrogens is 1. The van der Waals surface area contributed by atoms with E-state index in [1.807, 2.05) is 12.1 Å². The molecule has 0 saturated carbocycles. The Bertz CT molecular complexity index is 1320. The highest BCUT2D eigenvalue weighted by Gasteiger charge is 2.28. The zero-order chi connectivity index (χ0) is 19.3. The molecule has 4 aromatic rings. The van der Waals surface area contributed by atoms with Gasteiger partial charge in [-0.3, -0.25) is 4.79 Å². The Labute approximate surface area is 150 Å². The summed E-state index contributed by atoms with van der Waals surface area (Å²) < 4.78 is 5.85. The molecule has 8 nitrogen and oxygen atoms in total. The Balaban J connectivity index is 2.24. The van der Waals surface area contributed by atoms with E-state index in [1.165, 1.54) is 6.07 Å². The fourth-order valence-corrected chi connectivity index (χ4v) is 3.26. The van der Waals surface area contributed by atoms with E-state index in [2.05, 4.69) is 4.98 Å². The number of pyridine rings is 1. The van der Waals surface area contributed by atoms with Crippen LogP contribution in [0, 0.1) is 0 Å². The van der Waals surface area contributed by atoms with E-state index in [9.17, 15) is 24.6 Å². The Morgan fingerprint density at radius 1 is 0.926 bits per heavy atom. The summed E-state index contributed by atoms with van der Waals surface area (Å²) in [7, 11) is 0. The normalized spacial score (nSPS) is 11.1. The predicted octanol–water partition coefficient (Wildman–Crippen LogP) is 2.92. The van der Waals surface area contributed by atoms with E-state index in [0.717, 1.165) is 5.39 Å². The molecule has 0 aliphatic carbocycles. The molecule has 0 unspecified atom stereocenters. The summed E-state index contributed by atoms with van der Waals surface area (Å²) in [4.78, 5) is 37.8. The average molecular weight is 364 g/mol. The monoisotopic (exact) mass is 364 g/mol. The molecule has 0 fully saturated rings. The lowest BCUT2D eigenvalue weighted by Gasteiger charge is -2.12. The van der Waals surface area contributed by atoms with Crippen LogP contribution in [-0.4, -0.2) is 27.1 Å². The number of anilines is 1. The summed E-state index contributed by atoms with van der Waals surface area (Å²) in [5.74, 6) is -3.46. The minimum absolute atomic E-state index is 0.163. The number of H-pyrrole nitrogens is 1. The lowest BCUT2D eigenvalue weighted by molar-refractivity contribution is 0.0695. The van der Waals surface area contributed by atoms with Crippen LogP contribution in [0.4, 0.5) is 5.82 Å². The van der Waals surface area contributed by atoms with Crippen LogP contribution < -0.4 is 11.3 Å². The van der Waals surface area contributed by atoms with Gasteiger partial charge in [0.25, 0.3) is 5.56 Å². The van der Waals surface area contributed by atoms with Gasteiger partial charge in [-0.1, -0.05) is 36.4 Å². The Kier molecular flexibility index (Phi) is 3.48. The van der Waals surface area contributed by atoms with Crippen molar-refractivity contribution in [3.05, 3.63) is 63.9 Å². The summed E-state index contributed by atoms with van der Waals surface area (Å²) in [6.45, 7) is 0. The number of carboxylic acid groups (broad SMARTS) is 2. The molecular weight excluding hydrogens is 352 g/mol. The first-order chi connectivity index (χ1) is 12.9. The molecule has 0 radical (unpaired) electrons. The number of nitrogens with two attached hydrogens (primary N) is 1. The molecule has 4 rings (SSSR count). The molecule has 0 spiro atoms. The molecule has 0 atom stereocenters. The van der Waals surface area contributed by atoms with Gasteiger partial charge in [-0.2, -0.15) is 0 Å². The molecule has 0 amide bonds. The lowest BCUT2D eigenvalue weighted by Crippen LogP contribution is -2.24. The van der Waals surface area contributed by atoms with Gasteiger partial charge >= 0.3 is 11.9 Å². The maximum atomic E-state index is 12.2. The zero-order valence-electron chi connectivity index (χ0n) is 13.6. The highest BCUT2D eigenvalue weighted by Crippen LogP contribution is 2.38. The van der Waals surface area contributed by atoms with Gasteiger partial charge in [-0.05, 0) is 6.07 Å². The number of benzene rings is 2. The van der Waals surface area contributed by atoms with E-state index in [-0.39, 0.29) is 16.7 Å². The van der Waals surface area contributed by atoms with Crippen molar-refractivity contribution in [2.24, 2.45) is 0 Å². The van der Waals surface area contributed by atoms with Crippen molar-refractivity contribution in [2.75, 3.05) is 5.73 Å². The molecule has 0 aliphatic rings. The van der Waals surface area contributed by atoms with Gasteiger partial charge in [0, 0.05) is 21.9 Å². The van der Waals surface area contributed by atoms with Crippen LogP contribution in [-0.2, 0) is 0 Å². The van der Waals surface area contributed by atoms with E-state index in [1.54, 1.807) is 24.3 Å². The second kappa shape index (κ2) is 5.73. The largest absolute Gasteiger partial charge is 0.478 e. The van der Waals surface area contributed by atoms with Crippen LogP contribution in [0.3, 0.4) is 0 Å². The maximum absolute atomic E-state index is 12.2. The van der Waals surface area contributed by atoms with Crippen molar-refractivity contribution in [3.8, 4) is 11.1 Å². The fourth-order valence-electron chi connectivity index (χ4n) is 3.26. The summed E-state index contributed by atoms with van der Waals surface area (Å²) >= 11 is 0. The number of aromatic amines is 1. The second-order valence-electron chi connectivity index (χ2n) is 5.88. The Morgan fingerprint density at radius 3 is 2.30 bits per heavy atom. The third-order valence-electron chi connectivity index (χ3n) is 4.35. The van der Waals surface area contributed by atoms with E-state index >= 15 is 0 Å². The van der Waals surface area contributed by atoms with Crippen LogP contribution in [0.25, 0.3) is 33.1 Å². The van der Waals surface area contributed by atoms with E-state index in [0.29, 0.717) is 11.0 Å². The molecule has 5 N–H and O–H groups in total. The van der Waals surface area contributed by atoms with Crippen LogP contribution >= 0.6 is 0 Å². The molecule has 0 saturated heterocycles. The summed E-state index contributed by atoms with van der Waals surface area (Å²) in [5, 5.41) is 20.6. The highest BCUT2D eigenvalue weighted by molar-refractivity contribution is 6.14. The standard InChI is InChI=1S/C19H12N2O6/c20-16-13(18(23)24)12(14(19(25)26)17(22)21-16)10-6-3-5-9-8-4-1-2-7-11(8)27-15(9)10/h1-7H,(H,23,24)(H,25,26)(H3,20,21,22). The smallest absolute Gasteiger partial charge is 0.342 e. The van der Waals surface area contributed by atoms with Gasteiger partial charge in [-0.25, -0.2) is 9.59 Å². The number of aromatic carboxylic acids is 2. The number of nitrogen functional groups attached to an aromatic ring is 1. The maximum Gasteiger partial charge on any atom is 0.342 e. The van der Waals surface area contributed by atoms with E-state index < -0.39 is 34.4 Å². The Hall–Kier alpha value is -4.07. The van der Waals surface area contributed by atoms with Gasteiger partial charge in [0.2, 0.25) is 0 Å². The quantitative estimate of drug-likeness (QED) is 0.437. The molecule has 134 valence electrons. The van der Waals surface area contributed by atoms with Crippen molar-refractivity contribution in [1.82, 2.24) is 4.98 Å². The van der Waals surface area contributed by atoms with Crippen LogP contribution in [0.15, 0.2) is 51.7 Å². The summed E-state index contributed by atoms with van der Waals surface area (Å²) in [5.41, 5.74) is 4.17. The second-order valence-corrected chi connectivity index (χ2v) is 5.88. The first kappa shape index (κ1) is 16.4. The number of furan rings is 1. The number of carboxylic acids is 2. The molecule has 2 aromatic carbocycles. The number of hydrogen-bond donors (Lipinski definition) is 4. The van der Waals surface area contributed by atoms with Crippen molar-refractivity contribution in [2.45, 2.75) is 0 Å². The molecular formula is C19H12N2O6. The van der Waals surface area contributed by atoms with Crippen LogP contribution in [0.5, 0.6) is 0 Å². The number of carbonyl (C=O) groups is 2. The molecule has 0 aliphatic heterocycles. The van der Waals surface area contributed by atoms with Gasteiger partial charge < -0.3 is 25.3 Å². The third kappa shape index (κ3) is 2.35. The zero-order valence-corrected chi connectivity index (χ0v) is 13.6. The van der Waals surface area contributed by atoms with Gasteiger partial charge in [0.05, 0.1) is 0 Å². The minimum Gasteiger partial charge on any atom is -0.478 e. The van der Waals surface area contributed by atoms with Gasteiger partial charge in [0.15, 0.2) is 0 Å². The van der Waals surface area contributed by atoms with Gasteiger partial charge in [-0.15, -0.1) is 0 Å². The number of para-hydroxylation sites is 2. The van der Waals surface area contributed by atoms with Crippen molar-refractivity contribution >= 4 is 39.7 Å². The molecule has 0 bridgehead atoms. The van der Waals surface area contributed by atoms with Gasteiger partial charge in [0.1, 0.15) is 28.1 Å². The van der Waals surface area contributed by atoms with Crippen molar-refractivity contribution < 1.29 is 24.2 Å². The molecule has 8 heteroatoms. The van der Waals surface area contributed by atoms with Crippen LogP contribution in [0.1, 0.15) is 20.7 Å². The lowest BCUT2D eigenvalue weighted by atomic mass is 9.94. The summed E-state index contributed by atoms with van der Waals surface area (Å²) in [6, 6.07) is 12.1. The number of hydrogen-bond acceptors (Lipinski definition) is 5. The first-order valence-corrected chi connectivity index (χ1v) is 7.83. The summed E-state index contributed by atoms with van der Waals surface area (Å²) in [6.07, 6.45) is 0. The highest BCUT2D eigenvalue weighted by atomic mass is 16.4. The minimum atomic E-state index is -1.57. The molecule has 2 aromatic heterocycles. The van der Waals surface area contributed by atoms with E-state index in [4.69, 9.17) is 10.2 Å². The number of fused-ring (bicyclic) bond motifs is 3. The predicted molar refractivity (Wildman–Crippen MR) is 98.1 cm³/mol. The first-order valence-electron chi connectivity index (χ1n) is 7.83. The third-order valence-corrected chi connectivity index (χ3v) is 4.35. The molecule has 27 heavy (non-hydrogen) atoms. The topological polar surface area (TPSA) is 147 Å². The van der Waals surface area contributed by atoms with Crippen LogP contribution in [0.2, 0.25) is 0 Å². The number of rotatable bonds is 3. The Morgan fingerprint density at radius 2 is 1.59 bits per heavy atom. The number of nitrogens with one attached hydrogen (secondary N) is 1. The fraction of sp³-hybridized carbons (Fsp3) is 0. The SMILES string of the molecule is Nc1[nH]c(=O)c(C(=O)O)c(-c2cccc3c2oc2ccccc23)c1C(=O)O. The van der Waals surface area contributed by atoms with Crippen molar-refractivity contribution in [1.29, 1.82) is 0 Å².